The van der Waals surface area contributed by atoms with Crippen LogP contribution in [-0.2, 0) is 0 Å². The molecule has 3 aromatic carbocycles. The standard InChI is InChI=1S/C29H28F3N3O3/c1-19(2)37-25-11-7-22(8-12-25)27(21-5-3-20(17-33)4-6-21)35-16-15-24(18-35)34-28(36)23-9-13-26(14-10-23)38-29(30,31)32/h3-14,19,24,27H,15-16,18H2,1-2H3,(H,34,36)/t24?,27-/m1/s1. The third kappa shape index (κ3) is 7.05. The van der Waals surface area contributed by atoms with Gasteiger partial charge in [-0.05, 0) is 79.9 Å². The fourth-order valence-electron chi connectivity index (χ4n) is 4.57. The molecular formula is C29H28F3N3O3. The van der Waals surface area contributed by atoms with Crippen molar-refractivity contribution < 1.29 is 27.4 Å². The molecule has 0 bridgehead atoms. The summed E-state index contributed by atoms with van der Waals surface area (Å²) < 4.78 is 46.9. The number of hydrogen-bond acceptors (Lipinski definition) is 5. The first-order chi connectivity index (χ1) is 18.1. The first-order valence-electron chi connectivity index (χ1n) is 12.3. The number of nitriles is 1. The maximum Gasteiger partial charge on any atom is 0.573 e. The highest BCUT2D eigenvalue weighted by molar-refractivity contribution is 5.94. The minimum Gasteiger partial charge on any atom is -0.491 e. The Morgan fingerprint density at radius 3 is 2.11 bits per heavy atom. The van der Waals surface area contributed by atoms with Crippen molar-refractivity contribution in [2.24, 2.45) is 0 Å². The van der Waals surface area contributed by atoms with E-state index in [0.29, 0.717) is 18.5 Å². The quantitative estimate of drug-likeness (QED) is 0.402. The number of amides is 1. The van der Waals surface area contributed by atoms with Gasteiger partial charge in [0.1, 0.15) is 11.5 Å². The number of rotatable bonds is 8. The van der Waals surface area contributed by atoms with Gasteiger partial charge in [-0.15, -0.1) is 13.2 Å². The second-order valence-electron chi connectivity index (χ2n) is 9.40. The first kappa shape index (κ1) is 27.0. The molecule has 1 heterocycles. The van der Waals surface area contributed by atoms with Gasteiger partial charge in [-0.25, -0.2) is 0 Å². The molecule has 1 fully saturated rings. The molecule has 6 nitrogen and oxygen atoms in total. The van der Waals surface area contributed by atoms with Crippen molar-refractivity contribution in [2.75, 3.05) is 13.1 Å². The zero-order valence-corrected chi connectivity index (χ0v) is 21.0. The van der Waals surface area contributed by atoms with Crippen LogP contribution in [0.5, 0.6) is 11.5 Å². The van der Waals surface area contributed by atoms with Gasteiger partial charge in [0.25, 0.3) is 5.91 Å². The Hall–Kier alpha value is -4.03. The molecule has 3 aromatic rings. The Morgan fingerprint density at radius 1 is 0.974 bits per heavy atom. The van der Waals surface area contributed by atoms with Crippen LogP contribution in [0.15, 0.2) is 72.8 Å². The molecule has 4 rings (SSSR count). The molecule has 0 saturated carbocycles. The smallest absolute Gasteiger partial charge is 0.491 e. The molecule has 198 valence electrons. The summed E-state index contributed by atoms with van der Waals surface area (Å²) in [6.07, 6.45) is -4.02. The molecule has 1 aliphatic heterocycles. The molecule has 1 saturated heterocycles. The number of carbonyl (C=O) groups excluding carboxylic acids is 1. The number of carbonyl (C=O) groups is 1. The largest absolute Gasteiger partial charge is 0.573 e. The van der Waals surface area contributed by atoms with Crippen LogP contribution in [0.1, 0.15) is 53.4 Å². The lowest BCUT2D eigenvalue weighted by molar-refractivity contribution is -0.274. The SMILES string of the molecule is CC(C)Oc1ccc([C@@H](c2ccc(C#N)cc2)N2CCC(NC(=O)c3ccc(OC(F)(F)F)cc3)C2)cc1. The van der Waals surface area contributed by atoms with Gasteiger partial charge in [-0.1, -0.05) is 24.3 Å². The molecule has 1 N–H and O–H groups in total. The minimum atomic E-state index is -4.79. The molecule has 1 amide bonds. The summed E-state index contributed by atoms with van der Waals surface area (Å²) in [6.45, 7) is 5.24. The van der Waals surface area contributed by atoms with Gasteiger partial charge >= 0.3 is 6.36 Å². The summed E-state index contributed by atoms with van der Waals surface area (Å²) in [4.78, 5) is 15.0. The zero-order chi connectivity index (χ0) is 27.3. The highest BCUT2D eigenvalue weighted by Gasteiger charge is 2.32. The number of ether oxygens (including phenoxy) is 2. The Bertz CT molecular complexity index is 1270. The molecule has 0 aromatic heterocycles. The van der Waals surface area contributed by atoms with Crippen molar-refractivity contribution in [3.05, 3.63) is 95.1 Å². The van der Waals surface area contributed by atoms with Crippen LogP contribution in [0.25, 0.3) is 0 Å². The van der Waals surface area contributed by atoms with Crippen molar-refractivity contribution in [2.45, 2.75) is 44.8 Å². The van der Waals surface area contributed by atoms with Gasteiger partial charge in [-0.3, -0.25) is 9.69 Å². The summed E-state index contributed by atoms with van der Waals surface area (Å²) in [6, 6.07) is 22.2. The fourth-order valence-corrected chi connectivity index (χ4v) is 4.57. The lowest BCUT2D eigenvalue weighted by Crippen LogP contribution is -2.38. The van der Waals surface area contributed by atoms with E-state index >= 15 is 0 Å². The average molecular weight is 524 g/mol. The molecule has 38 heavy (non-hydrogen) atoms. The van der Waals surface area contributed by atoms with Crippen LogP contribution in [-0.4, -0.2) is 42.4 Å². The van der Waals surface area contributed by atoms with Crippen LogP contribution in [0.2, 0.25) is 0 Å². The van der Waals surface area contributed by atoms with E-state index in [-0.39, 0.29) is 35.4 Å². The number of likely N-dealkylation sites (tertiary alicyclic amines) is 1. The number of nitrogens with one attached hydrogen (secondary N) is 1. The lowest BCUT2D eigenvalue weighted by Gasteiger charge is -2.29. The summed E-state index contributed by atoms with van der Waals surface area (Å²) in [5.74, 6) is 0.0391. The summed E-state index contributed by atoms with van der Waals surface area (Å²) in [5, 5.41) is 12.2. The normalized spacial score (nSPS) is 16.6. The summed E-state index contributed by atoms with van der Waals surface area (Å²) in [7, 11) is 0. The van der Waals surface area contributed by atoms with Crippen molar-refractivity contribution in [1.29, 1.82) is 5.26 Å². The van der Waals surface area contributed by atoms with Gasteiger partial charge in [0, 0.05) is 24.7 Å². The number of hydrogen-bond donors (Lipinski definition) is 1. The van der Waals surface area contributed by atoms with E-state index in [9.17, 15) is 23.2 Å². The van der Waals surface area contributed by atoms with Crippen molar-refractivity contribution in [3.8, 4) is 17.6 Å². The molecule has 1 unspecified atom stereocenters. The molecule has 0 aliphatic carbocycles. The van der Waals surface area contributed by atoms with Gasteiger partial charge in [-0.2, -0.15) is 5.26 Å². The van der Waals surface area contributed by atoms with Crippen LogP contribution < -0.4 is 14.8 Å². The van der Waals surface area contributed by atoms with Gasteiger partial charge in [0.05, 0.1) is 23.8 Å². The second-order valence-corrected chi connectivity index (χ2v) is 9.40. The minimum absolute atomic E-state index is 0.0616. The van der Waals surface area contributed by atoms with E-state index in [1.54, 1.807) is 12.1 Å². The topological polar surface area (TPSA) is 74.6 Å². The highest BCUT2D eigenvalue weighted by atomic mass is 19.4. The van der Waals surface area contributed by atoms with Crippen molar-refractivity contribution in [1.82, 2.24) is 10.2 Å². The van der Waals surface area contributed by atoms with E-state index in [2.05, 4.69) is 21.0 Å². The third-order valence-corrected chi connectivity index (χ3v) is 6.19. The van der Waals surface area contributed by atoms with E-state index in [4.69, 9.17) is 4.74 Å². The van der Waals surface area contributed by atoms with Crippen LogP contribution >= 0.6 is 0 Å². The Kier molecular flexibility index (Phi) is 8.23. The average Bonchev–Trinajstić information content (AvgIpc) is 3.32. The first-order valence-corrected chi connectivity index (χ1v) is 12.3. The second kappa shape index (κ2) is 11.6. The van der Waals surface area contributed by atoms with Gasteiger partial charge in [0.15, 0.2) is 0 Å². The number of benzene rings is 3. The van der Waals surface area contributed by atoms with Crippen molar-refractivity contribution in [3.63, 3.8) is 0 Å². The number of halogens is 3. The van der Waals surface area contributed by atoms with E-state index in [0.717, 1.165) is 35.6 Å². The Morgan fingerprint density at radius 2 is 1.55 bits per heavy atom. The van der Waals surface area contributed by atoms with Crippen LogP contribution in [0.4, 0.5) is 13.2 Å². The summed E-state index contributed by atoms with van der Waals surface area (Å²) in [5.41, 5.74) is 2.90. The monoisotopic (exact) mass is 523 g/mol. The maximum atomic E-state index is 12.8. The summed E-state index contributed by atoms with van der Waals surface area (Å²) >= 11 is 0. The lowest BCUT2D eigenvalue weighted by atomic mass is 9.96. The van der Waals surface area contributed by atoms with Crippen LogP contribution in [0.3, 0.4) is 0 Å². The van der Waals surface area contributed by atoms with E-state index < -0.39 is 6.36 Å². The molecule has 2 atom stereocenters. The molecule has 0 spiro atoms. The molecule has 9 heteroatoms. The van der Waals surface area contributed by atoms with E-state index in [1.807, 2.05) is 50.2 Å². The molecule has 0 radical (unpaired) electrons. The fraction of sp³-hybridized carbons (Fsp3) is 0.310. The number of alkyl halides is 3. The zero-order valence-electron chi connectivity index (χ0n) is 21.0. The van der Waals surface area contributed by atoms with Crippen LogP contribution in [0, 0.1) is 11.3 Å². The highest BCUT2D eigenvalue weighted by Crippen LogP contribution is 2.33. The predicted molar refractivity (Wildman–Crippen MR) is 136 cm³/mol. The molecule has 1 aliphatic rings. The van der Waals surface area contributed by atoms with E-state index in [1.165, 1.54) is 12.1 Å². The van der Waals surface area contributed by atoms with Crippen molar-refractivity contribution >= 4 is 5.91 Å². The third-order valence-electron chi connectivity index (χ3n) is 6.19. The van der Waals surface area contributed by atoms with Gasteiger partial charge < -0.3 is 14.8 Å². The Balaban J connectivity index is 1.48. The molecular weight excluding hydrogens is 495 g/mol. The van der Waals surface area contributed by atoms with Gasteiger partial charge in [0.2, 0.25) is 0 Å². The Labute approximate surface area is 219 Å². The number of nitrogens with zero attached hydrogens (tertiary/aromatic N) is 2. The maximum absolute atomic E-state index is 12.8. The predicted octanol–water partition coefficient (Wildman–Crippen LogP) is 5.84.